The molecule has 0 radical (unpaired) electrons. The molecule has 2 aromatic rings. The van der Waals surface area contributed by atoms with E-state index in [1.165, 1.54) is 5.56 Å². The lowest BCUT2D eigenvalue weighted by atomic mass is 10.0. The number of aromatic nitrogens is 2. The Hall–Kier alpha value is -1.94. The highest BCUT2D eigenvalue weighted by Crippen LogP contribution is 2.23. The van der Waals surface area contributed by atoms with E-state index in [-0.39, 0.29) is 0 Å². The molecule has 0 aliphatic carbocycles. The van der Waals surface area contributed by atoms with Gasteiger partial charge < -0.3 is 10.1 Å². The Bertz CT molecular complexity index is 579. The van der Waals surface area contributed by atoms with E-state index < -0.39 is 0 Å². The third-order valence-electron chi connectivity index (χ3n) is 3.34. The molecule has 0 spiro atoms. The number of nitrogens with zero attached hydrogens (tertiary/aromatic N) is 2. The highest BCUT2D eigenvalue weighted by molar-refractivity contribution is 5.62. The van der Waals surface area contributed by atoms with E-state index >= 15 is 0 Å². The van der Waals surface area contributed by atoms with Crippen molar-refractivity contribution < 1.29 is 4.74 Å². The van der Waals surface area contributed by atoms with Crippen LogP contribution in [0.1, 0.15) is 38.1 Å². The van der Waals surface area contributed by atoms with Gasteiger partial charge >= 0.3 is 0 Å². The van der Waals surface area contributed by atoms with E-state index in [9.17, 15) is 0 Å². The molecule has 0 fully saturated rings. The first-order chi connectivity index (χ1) is 10.1. The van der Waals surface area contributed by atoms with Crippen LogP contribution in [-0.4, -0.2) is 23.6 Å². The SMILES string of the molecule is CCOCc1nc(NC)cc(-c2ccc(C(C)C)cc2)n1. The molecule has 2 rings (SSSR count). The maximum atomic E-state index is 5.41. The van der Waals surface area contributed by atoms with Crippen molar-refractivity contribution in [1.82, 2.24) is 9.97 Å². The Kier molecular flexibility index (Phi) is 5.28. The standard InChI is InChI=1S/C17H23N3O/c1-5-21-11-17-19-15(10-16(18-4)20-17)14-8-6-13(7-9-14)12(2)3/h6-10,12H,5,11H2,1-4H3,(H,18,19,20). The van der Waals surface area contributed by atoms with E-state index in [0.717, 1.165) is 17.1 Å². The van der Waals surface area contributed by atoms with Crippen LogP contribution in [0.3, 0.4) is 0 Å². The molecule has 0 atom stereocenters. The molecule has 1 aromatic carbocycles. The average Bonchev–Trinajstić information content (AvgIpc) is 2.52. The molecule has 4 heteroatoms. The fourth-order valence-electron chi connectivity index (χ4n) is 2.07. The minimum absolute atomic E-state index is 0.434. The van der Waals surface area contributed by atoms with Crippen molar-refractivity contribution in [2.45, 2.75) is 33.3 Å². The van der Waals surface area contributed by atoms with Gasteiger partial charge in [-0.15, -0.1) is 0 Å². The summed E-state index contributed by atoms with van der Waals surface area (Å²) in [5, 5.41) is 3.08. The topological polar surface area (TPSA) is 47.0 Å². The number of hydrogen-bond donors (Lipinski definition) is 1. The fourth-order valence-corrected chi connectivity index (χ4v) is 2.07. The van der Waals surface area contributed by atoms with Gasteiger partial charge in [0, 0.05) is 25.3 Å². The lowest BCUT2D eigenvalue weighted by Crippen LogP contribution is -2.04. The summed E-state index contributed by atoms with van der Waals surface area (Å²) in [5.41, 5.74) is 3.34. The van der Waals surface area contributed by atoms with Crippen molar-refractivity contribution in [3.05, 3.63) is 41.7 Å². The summed E-state index contributed by atoms with van der Waals surface area (Å²) in [6.07, 6.45) is 0. The molecule has 1 heterocycles. The van der Waals surface area contributed by atoms with Gasteiger partial charge in [0.1, 0.15) is 12.4 Å². The lowest BCUT2D eigenvalue weighted by Gasteiger charge is -2.10. The number of nitrogens with one attached hydrogen (secondary N) is 1. The van der Waals surface area contributed by atoms with E-state index in [4.69, 9.17) is 4.74 Å². The predicted octanol–water partition coefficient (Wildman–Crippen LogP) is 3.85. The molecule has 1 aromatic heterocycles. The van der Waals surface area contributed by atoms with Gasteiger partial charge in [0.05, 0.1) is 5.69 Å². The van der Waals surface area contributed by atoms with Gasteiger partial charge in [-0.05, 0) is 18.4 Å². The summed E-state index contributed by atoms with van der Waals surface area (Å²) in [4.78, 5) is 9.00. The van der Waals surface area contributed by atoms with Crippen LogP contribution in [0.2, 0.25) is 0 Å². The van der Waals surface area contributed by atoms with Gasteiger partial charge in [-0.3, -0.25) is 0 Å². The molecule has 1 N–H and O–H groups in total. The Balaban J connectivity index is 2.32. The van der Waals surface area contributed by atoms with Crippen molar-refractivity contribution in [1.29, 1.82) is 0 Å². The van der Waals surface area contributed by atoms with Crippen molar-refractivity contribution in [3.63, 3.8) is 0 Å². The smallest absolute Gasteiger partial charge is 0.157 e. The number of anilines is 1. The van der Waals surface area contributed by atoms with Crippen LogP contribution in [0.4, 0.5) is 5.82 Å². The van der Waals surface area contributed by atoms with Crippen LogP contribution < -0.4 is 5.32 Å². The Morgan fingerprint density at radius 3 is 2.43 bits per heavy atom. The zero-order chi connectivity index (χ0) is 15.2. The molecule has 0 amide bonds. The van der Waals surface area contributed by atoms with Gasteiger partial charge in [0.15, 0.2) is 5.82 Å². The molecule has 0 saturated carbocycles. The van der Waals surface area contributed by atoms with Gasteiger partial charge in [-0.2, -0.15) is 0 Å². The van der Waals surface area contributed by atoms with Crippen molar-refractivity contribution in [2.24, 2.45) is 0 Å². The quantitative estimate of drug-likeness (QED) is 0.876. The average molecular weight is 285 g/mol. The summed E-state index contributed by atoms with van der Waals surface area (Å²) in [6.45, 7) is 7.44. The fraction of sp³-hybridized carbons (Fsp3) is 0.412. The summed E-state index contributed by atoms with van der Waals surface area (Å²) in [7, 11) is 1.86. The van der Waals surface area contributed by atoms with Crippen molar-refractivity contribution in [3.8, 4) is 11.3 Å². The third kappa shape index (κ3) is 4.02. The van der Waals surface area contributed by atoms with Crippen LogP contribution in [-0.2, 0) is 11.3 Å². The highest BCUT2D eigenvalue weighted by Gasteiger charge is 2.07. The van der Waals surface area contributed by atoms with E-state index in [1.54, 1.807) is 0 Å². The van der Waals surface area contributed by atoms with Crippen LogP contribution in [0.5, 0.6) is 0 Å². The normalized spacial score (nSPS) is 10.9. The number of ether oxygens (including phenoxy) is 1. The molecule has 0 saturated heterocycles. The monoisotopic (exact) mass is 285 g/mol. The number of benzene rings is 1. The van der Waals surface area contributed by atoms with Crippen LogP contribution in [0.25, 0.3) is 11.3 Å². The highest BCUT2D eigenvalue weighted by atomic mass is 16.5. The zero-order valence-corrected chi connectivity index (χ0v) is 13.2. The van der Waals surface area contributed by atoms with Crippen LogP contribution >= 0.6 is 0 Å². The molecule has 0 aliphatic rings. The predicted molar refractivity (Wildman–Crippen MR) is 86.4 cm³/mol. The Morgan fingerprint density at radius 2 is 1.86 bits per heavy atom. The number of rotatable bonds is 6. The van der Waals surface area contributed by atoms with E-state index in [2.05, 4.69) is 53.4 Å². The van der Waals surface area contributed by atoms with Gasteiger partial charge in [-0.25, -0.2) is 9.97 Å². The Labute approximate surface area is 126 Å². The van der Waals surface area contributed by atoms with E-state index in [1.807, 2.05) is 20.0 Å². The lowest BCUT2D eigenvalue weighted by molar-refractivity contribution is 0.128. The number of hydrogen-bond acceptors (Lipinski definition) is 4. The van der Waals surface area contributed by atoms with Gasteiger partial charge in [0.25, 0.3) is 0 Å². The van der Waals surface area contributed by atoms with Gasteiger partial charge in [0.2, 0.25) is 0 Å². The maximum absolute atomic E-state index is 5.41. The largest absolute Gasteiger partial charge is 0.374 e. The second kappa shape index (κ2) is 7.18. The molecule has 21 heavy (non-hydrogen) atoms. The molecule has 0 aliphatic heterocycles. The molecule has 112 valence electrons. The second-order valence-electron chi connectivity index (χ2n) is 5.22. The summed E-state index contributed by atoms with van der Waals surface area (Å²) in [5.74, 6) is 2.04. The summed E-state index contributed by atoms with van der Waals surface area (Å²) in [6, 6.07) is 10.5. The molecule has 4 nitrogen and oxygen atoms in total. The maximum Gasteiger partial charge on any atom is 0.157 e. The van der Waals surface area contributed by atoms with Gasteiger partial charge in [-0.1, -0.05) is 38.1 Å². The second-order valence-corrected chi connectivity index (χ2v) is 5.22. The van der Waals surface area contributed by atoms with E-state index in [0.29, 0.717) is 25.0 Å². The minimum Gasteiger partial charge on any atom is -0.374 e. The third-order valence-corrected chi connectivity index (χ3v) is 3.34. The Morgan fingerprint density at radius 1 is 1.14 bits per heavy atom. The molecule has 0 bridgehead atoms. The molecule has 0 unspecified atom stereocenters. The first kappa shape index (κ1) is 15.4. The first-order valence-corrected chi connectivity index (χ1v) is 7.37. The van der Waals surface area contributed by atoms with Crippen molar-refractivity contribution >= 4 is 5.82 Å². The zero-order valence-electron chi connectivity index (χ0n) is 13.2. The first-order valence-electron chi connectivity index (χ1n) is 7.37. The minimum atomic E-state index is 0.434. The summed E-state index contributed by atoms with van der Waals surface area (Å²) < 4.78 is 5.41. The van der Waals surface area contributed by atoms with Crippen LogP contribution in [0.15, 0.2) is 30.3 Å². The molecular weight excluding hydrogens is 262 g/mol. The summed E-state index contributed by atoms with van der Waals surface area (Å²) >= 11 is 0. The van der Waals surface area contributed by atoms with Crippen molar-refractivity contribution in [2.75, 3.05) is 19.0 Å². The van der Waals surface area contributed by atoms with Crippen LogP contribution in [0, 0.1) is 0 Å². The molecular formula is C17H23N3O.